The predicted octanol–water partition coefficient (Wildman–Crippen LogP) is 3.25. The Morgan fingerprint density at radius 1 is 1.21 bits per heavy atom. The summed E-state index contributed by atoms with van der Waals surface area (Å²) in [4.78, 5) is 26.1. The molecule has 0 radical (unpaired) electrons. The molecule has 1 saturated heterocycles. The van der Waals surface area contributed by atoms with Gasteiger partial charge < -0.3 is 20.1 Å². The van der Waals surface area contributed by atoms with E-state index in [1.165, 1.54) is 0 Å². The van der Waals surface area contributed by atoms with Crippen molar-refractivity contribution in [1.82, 2.24) is 10.2 Å². The highest BCUT2D eigenvalue weighted by Crippen LogP contribution is 2.22. The largest absolute Gasteiger partial charge is 0.444 e. The molecule has 1 aliphatic rings. The summed E-state index contributed by atoms with van der Waals surface area (Å²) in [5.74, 6) is -0.429. The highest BCUT2D eigenvalue weighted by molar-refractivity contribution is 5.83. The van der Waals surface area contributed by atoms with Crippen molar-refractivity contribution in [3.8, 4) is 0 Å². The summed E-state index contributed by atoms with van der Waals surface area (Å²) < 4.78 is 5.36. The van der Waals surface area contributed by atoms with E-state index in [4.69, 9.17) is 4.74 Å². The van der Waals surface area contributed by atoms with E-state index < -0.39 is 11.7 Å². The Balaban J connectivity index is 1.51. The van der Waals surface area contributed by atoms with Gasteiger partial charge in [-0.05, 0) is 49.6 Å². The SMILES string of the molecule is CC(C)(C)OC(=O)N1CCC(C(=O)NCC(O)c2ccc3ccccc3c2)C1. The van der Waals surface area contributed by atoms with Gasteiger partial charge in [0.05, 0.1) is 12.0 Å². The van der Waals surface area contributed by atoms with Crippen molar-refractivity contribution >= 4 is 22.8 Å². The molecule has 1 heterocycles. The van der Waals surface area contributed by atoms with Crippen LogP contribution in [0.5, 0.6) is 0 Å². The quantitative estimate of drug-likeness (QED) is 0.848. The van der Waals surface area contributed by atoms with Crippen molar-refractivity contribution < 1.29 is 19.4 Å². The number of nitrogens with zero attached hydrogens (tertiary/aromatic N) is 1. The minimum atomic E-state index is -0.781. The molecule has 0 aliphatic carbocycles. The first-order valence-corrected chi connectivity index (χ1v) is 9.65. The van der Waals surface area contributed by atoms with Gasteiger partial charge in [0, 0.05) is 19.6 Å². The van der Waals surface area contributed by atoms with Gasteiger partial charge in [0.25, 0.3) is 0 Å². The van der Waals surface area contributed by atoms with Crippen molar-refractivity contribution in [3.63, 3.8) is 0 Å². The number of fused-ring (bicyclic) bond motifs is 1. The number of benzene rings is 2. The highest BCUT2D eigenvalue weighted by Gasteiger charge is 2.33. The number of aliphatic hydroxyl groups is 1. The third kappa shape index (κ3) is 5.01. The van der Waals surface area contributed by atoms with Gasteiger partial charge in [0.1, 0.15) is 5.60 Å². The van der Waals surface area contributed by atoms with Crippen molar-refractivity contribution in [1.29, 1.82) is 0 Å². The maximum atomic E-state index is 12.4. The predicted molar refractivity (Wildman–Crippen MR) is 108 cm³/mol. The standard InChI is InChI=1S/C22H28N2O4/c1-22(2,3)28-21(27)24-11-10-18(14-24)20(26)23-13-19(25)17-9-8-15-6-4-5-7-16(15)12-17/h4-9,12,18-19,25H,10-11,13-14H2,1-3H3,(H,23,26). The first-order chi connectivity index (χ1) is 13.2. The molecule has 6 heteroatoms. The third-order valence-corrected chi connectivity index (χ3v) is 4.84. The molecule has 2 aromatic rings. The Kier molecular flexibility index (Phi) is 5.89. The molecule has 1 aliphatic heterocycles. The Hall–Kier alpha value is -2.60. The molecule has 0 aromatic heterocycles. The molecule has 2 unspecified atom stereocenters. The molecule has 2 N–H and O–H groups in total. The number of aliphatic hydroxyl groups excluding tert-OH is 1. The summed E-state index contributed by atoms with van der Waals surface area (Å²) in [6, 6.07) is 13.7. The molecule has 3 rings (SSSR count). The molecule has 2 amide bonds. The van der Waals surface area contributed by atoms with Gasteiger partial charge >= 0.3 is 6.09 Å². The Morgan fingerprint density at radius 3 is 2.64 bits per heavy atom. The number of nitrogens with one attached hydrogen (secondary N) is 1. The Bertz CT molecular complexity index is 859. The second-order valence-electron chi connectivity index (χ2n) is 8.28. The zero-order chi connectivity index (χ0) is 20.3. The van der Waals surface area contributed by atoms with Gasteiger partial charge in [-0.2, -0.15) is 0 Å². The minimum absolute atomic E-state index is 0.139. The van der Waals surface area contributed by atoms with Gasteiger partial charge in [-0.3, -0.25) is 4.79 Å². The molecule has 0 saturated carbocycles. The van der Waals surface area contributed by atoms with Crippen LogP contribution in [0.3, 0.4) is 0 Å². The van der Waals surface area contributed by atoms with Gasteiger partial charge in [-0.25, -0.2) is 4.79 Å². The summed E-state index contributed by atoms with van der Waals surface area (Å²) in [5, 5.41) is 15.4. The first kappa shape index (κ1) is 20.1. The second-order valence-corrected chi connectivity index (χ2v) is 8.28. The van der Waals surface area contributed by atoms with Gasteiger partial charge in [-0.1, -0.05) is 36.4 Å². The lowest BCUT2D eigenvalue weighted by Gasteiger charge is -2.24. The average Bonchev–Trinajstić information content (AvgIpc) is 3.14. The molecule has 150 valence electrons. The van der Waals surface area contributed by atoms with E-state index in [0.717, 1.165) is 16.3 Å². The number of likely N-dealkylation sites (tertiary alicyclic amines) is 1. The van der Waals surface area contributed by atoms with Crippen molar-refractivity contribution in [2.24, 2.45) is 5.92 Å². The van der Waals surface area contributed by atoms with Crippen LogP contribution in [0.1, 0.15) is 38.9 Å². The van der Waals surface area contributed by atoms with E-state index >= 15 is 0 Å². The van der Waals surface area contributed by atoms with Crippen LogP contribution in [0, 0.1) is 5.92 Å². The molecule has 6 nitrogen and oxygen atoms in total. The van der Waals surface area contributed by atoms with E-state index in [2.05, 4.69) is 5.32 Å². The lowest BCUT2D eigenvalue weighted by molar-refractivity contribution is -0.125. The number of rotatable bonds is 4. The van der Waals surface area contributed by atoms with Crippen LogP contribution >= 0.6 is 0 Å². The highest BCUT2D eigenvalue weighted by atomic mass is 16.6. The van der Waals surface area contributed by atoms with E-state index in [9.17, 15) is 14.7 Å². The topological polar surface area (TPSA) is 78.9 Å². The van der Waals surface area contributed by atoms with Crippen LogP contribution in [0.15, 0.2) is 42.5 Å². The number of carbonyl (C=O) groups excluding carboxylic acids is 2. The Labute approximate surface area is 165 Å². The van der Waals surface area contributed by atoms with Crippen molar-refractivity contribution in [2.45, 2.75) is 38.9 Å². The van der Waals surface area contributed by atoms with Crippen molar-refractivity contribution in [2.75, 3.05) is 19.6 Å². The molecule has 28 heavy (non-hydrogen) atoms. The molecule has 2 aromatic carbocycles. The lowest BCUT2D eigenvalue weighted by Crippen LogP contribution is -2.38. The van der Waals surface area contributed by atoms with Gasteiger partial charge in [0.2, 0.25) is 5.91 Å². The summed E-state index contributed by atoms with van der Waals surface area (Å²) in [6.45, 7) is 6.44. The van der Waals surface area contributed by atoms with Crippen LogP contribution in [0.4, 0.5) is 4.79 Å². The van der Waals surface area contributed by atoms with Gasteiger partial charge in [-0.15, -0.1) is 0 Å². The summed E-state index contributed by atoms with van der Waals surface area (Å²) in [6.07, 6.45) is -0.576. The fourth-order valence-electron chi connectivity index (χ4n) is 3.34. The van der Waals surface area contributed by atoms with Gasteiger partial charge in [0.15, 0.2) is 0 Å². The van der Waals surface area contributed by atoms with E-state index in [0.29, 0.717) is 19.5 Å². The number of ether oxygens (including phenoxy) is 1. The number of hydrogen-bond acceptors (Lipinski definition) is 4. The van der Waals surface area contributed by atoms with Crippen LogP contribution in [-0.4, -0.2) is 47.2 Å². The fourth-order valence-corrected chi connectivity index (χ4v) is 3.34. The maximum Gasteiger partial charge on any atom is 0.410 e. The first-order valence-electron chi connectivity index (χ1n) is 9.65. The van der Waals surface area contributed by atoms with E-state index in [1.807, 2.05) is 63.2 Å². The summed E-state index contributed by atoms with van der Waals surface area (Å²) >= 11 is 0. The van der Waals surface area contributed by atoms with E-state index in [-0.39, 0.29) is 24.5 Å². The maximum absolute atomic E-state index is 12.4. The number of carbonyl (C=O) groups is 2. The lowest BCUT2D eigenvalue weighted by atomic mass is 10.0. The monoisotopic (exact) mass is 384 g/mol. The second kappa shape index (κ2) is 8.19. The molecule has 0 bridgehead atoms. The zero-order valence-electron chi connectivity index (χ0n) is 16.6. The van der Waals surface area contributed by atoms with E-state index in [1.54, 1.807) is 4.90 Å². The summed E-state index contributed by atoms with van der Waals surface area (Å²) in [7, 11) is 0. The summed E-state index contributed by atoms with van der Waals surface area (Å²) in [5.41, 5.74) is 0.210. The minimum Gasteiger partial charge on any atom is -0.444 e. The fraction of sp³-hybridized carbons (Fsp3) is 0.455. The molecule has 2 atom stereocenters. The molecule has 0 spiro atoms. The average molecular weight is 384 g/mol. The number of amides is 2. The van der Waals surface area contributed by atoms with Crippen LogP contribution < -0.4 is 5.32 Å². The zero-order valence-corrected chi connectivity index (χ0v) is 16.6. The van der Waals surface area contributed by atoms with Crippen molar-refractivity contribution in [3.05, 3.63) is 48.0 Å². The smallest absolute Gasteiger partial charge is 0.410 e. The number of hydrogen-bond donors (Lipinski definition) is 2. The van der Waals surface area contributed by atoms with Crippen LogP contribution in [-0.2, 0) is 9.53 Å². The van der Waals surface area contributed by atoms with Crippen LogP contribution in [0.25, 0.3) is 10.8 Å². The molecular weight excluding hydrogens is 356 g/mol. The Morgan fingerprint density at radius 2 is 1.93 bits per heavy atom. The normalized spacial score (nSPS) is 18.1. The third-order valence-electron chi connectivity index (χ3n) is 4.84. The molecule has 1 fully saturated rings. The van der Waals surface area contributed by atoms with Crippen LogP contribution in [0.2, 0.25) is 0 Å². The molecular formula is C22H28N2O4.